The van der Waals surface area contributed by atoms with Crippen LogP contribution in [0.5, 0.6) is 0 Å². The number of rotatable bonds is 4. The molecule has 0 fully saturated rings. The van der Waals surface area contributed by atoms with Crippen molar-refractivity contribution in [3.8, 4) is 0 Å². The maximum atomic E-state index is 11.8. The number of nitrogens with one attached hydrogen (secondary N) is 2. The highest BCUT2D eigenvalue weighted by Crippen LogP contribution is 2.20. The molecule has 0 saturated heterocycles. The molecule has 2 atom stereocenters. The van der Waals surface area contributed by atoms with Crippen molar-refractivity contribution in [1.82, 2.24) is 10.6 Å². The van der Waals surface area contributed by atoms with Crippen LogP contribution in [0.4, 0.5) is 4.79 Å². The molecule has 3 nitrogen and oxygen atoms in total. The largest absolute Gasteiger partial charge is 0.336 e. The summed E-state index contributed by atoms with van der Waals surface area (Å²) in [5.74, 6) is 0. The van der Waals surface area contributed by atoms with Gasteiger partial charge >= 0.3 is 6.03 Å². The summed E-state index contributed by atoms with van der Waals surface area (Å²) in [6.45, 7) is 6.05. The van der Waals surface area contributed by atoms with E-state index < -0.39 is 0 Å². The standard InChI is InChI=1S/C17H22N2O/c1-4-12(2)18-17(20)19-13(3)15-10-9-14-7-5-6-8-16(14)11-15/h5-13H,4H2,1-3H3,(H2,18,19,20)/t12-,13+/m0/s1. The van der Waals surface area contributed by atoms with Gasteiger partial charge in [-0.1, -0.05) is 43.3 Å². The van der Waals surface area contributed by atoms with Gasteiger partial charge in [0.25, 0.3) is 0 Å². The van der Waals surface area contributed by atoms with E-state index in [1.165, 1.54) is 10.8 Å². The van der Waals surface area contributed by atoms with E-state index in [4.69, 9.17) is 0 Å². The topological polar surface area (TPSA) is 41.1 Å². The molecule has 106 valence electrons. The summed E-state index contributed by atoms with van der Waals surface area (Å²) in [4.78, 5) is 11.8. The highest BCUT2D eigenvalue weighted by Gasteiger charge is 2.11. The zero-order chi connectivity index (χ0) is 14.5. The minimum absolute atomic E-state index is 0.0105. The molecule has 2 N–H and O–H groups in total. The molecule has 0 heterocycles. The molecule has 0 saturated carbocycles. The van der Waals surface area contributed by atoms with Crippen molar-refractivity contribution < 1.29 is 4.79 Å². The summed E-state index contributed by atoms with van der Waals surface area (Å²) in [5, 5.41) is 8.30. The third-order valence-electron chi connectivity index (χ3n) is 3.61. The molecule has 0 aromatic heterocycles. The first kappa shape index (κ1) is 14.4. The SMILES string of the molecule is CC[C@H](C)NC(=O)N[C@H](C)c1ccc2ccccc2c1. The maximum Gasteiger partial charge on any atom is 0.315 e. The lowest BCUT2D eigenvalue weighted by atomic mass is 10.0. The van der Waals surface area contributed by atoms with Crippen LogP contribution < -0.4 is 10.6 Å². The number of hydrogen-bond donors (Lipinski definition) is 2. The molecular weight excluding hydrogens is 248 g/mol. The molecule has 2 aromatic rings. The molecule has 0 unspecified atom stereocenters. The van der Waals surface area contributed by atoms with Gasteiger partial charge in [0.1, 0.15) is 0 Å². The van der Waals surface area contributed by atoms with Crippen molar-refractivity contribution in [2.75, 3.05) is 0 Å². The van der Waals surface area contributed by atoms with Crippen LogP contribution in [0.15, 0.2) is 42.5 Å². The number of amides is 2. The van der Waals surface area contributed by atoms with Gasteiger partial charge in [0.15, 0.2) is 0 Å². The lowest BCUT2D eigenvalue weighted by molar-refractivity contribution is 0.234. The molecule has 20 heavy (non-hydrogen) atoms. The number of hydrogen-bond acceptors (Lipinski definition) is 1. The minimum atomic E-state index is -0.111. The summed E-state index contributed by atoms with van der Waals surface area (Å²) >= 11 is 0. The Morgan fingerprint density at radius 1 is 1.05 bits per heavy atom. The summed E-state index contributed by atoms with van der Waals surface area (Å²) in [7, 11) is 0. The summed E-state index contributed by atoms with van der Waals surface area (Å²) in [6, 6.07) is 14.6. The van der Waals surface area contributed by atoms with E-state index in [-0.39, 0.29) is 18.1 Å². The molecule has 0 aliphatic carbocycles. The van der Waals surface area contributed by atoms with Crippen molar-refractivity contribution in [3.05, 3.63) is 48.0 Å². The molecule has 0 bridgehead atoms. The fraction of sp³-hybridized carbons (Fsp3) is 0.353. The molecule has 0 radical (unpaired) electrons. The van der Waals surface area contributed by atoms with Gasteiger partial charge in [-0.3, -0.25) is 0 Å². The van der Waals surface area contributed by atoms with Gasteiger partial charge in [-0.15, -0.1) is 0 Å². The second-order valence-electron chi connectivity index (χ2n) is 5.26. The van der Waals surface area contributed by atoms with Crippen molar-refractivity contribution in [2.24, 2.45) is 0 Å². The number of carbonyl (C=O) groups is 1. The van der Waals surface area contributed by atoms with Gasteiger partial charge in [0, 0.05) is 6.04 Å². The van der Waals surface area contributed by atoms with E-state index in [1.54, 1.807) is 0 Å². The van der Waals surface area contributed by atoms with Crippen LogP contribution in [0.3, 0.4) is 0 Å². The molecule has 0 spiro atoms. The lowest BCUT2D eigenvalue weighted by Gasteiger charge is -2.18. The van der Waals surface area contributed by atoms with Gasteiger partial charge in [0.05, 0.1) is 6.04 Å². The van der Waals surface area contributed by atoms with Gasteiger partial charge in [0.2, 0.25) is 0 Å². The van der Waals surface area contributed by atoms with E-state index in [1.807, 2.05) is 26.0 Å². The summed E-state index contributed by atoms with van der Waals surface area (Å²) in [6.07, 6.45) is 0.928. The second-order valence-corrected chi connectivity index (χ2v) is 5.26. The first-order chi connectivity index (χ1) is 9.60. The first-order valence-corrected chi connectivity index (χ1v) is 7.16. The van der Waals surface area contributed by atoms with Crippen LogP contribution in [-0.2, 0) is 0 Å². The Hall–Kier alpha value is -2.03. The third kappa shape index (κ3) is 3.50. The van der Waals surface area contributed by atoms with Crippen LogP contribution >= 0.6 is 0 Å². The van der Waals surface area contributed by atoms with E-state index in [0.29, 0.717) is 0 Å². The Labute approximate surface area is 120 Å². The van der Waals surface area contributed by atoms with Gasteiger partial charge in [-0.05, 0) is 42.7 Å². The fourth-order valence-corrected chi connectivity index (χ4v) is 2.12. The quantitative estimate of drug-likeness (QED) is 0.866. The predicted molar refractivity (Wildman–Crippen MR) is 83.8 cm³/mol. The molecular formula is C17H22N2O. The Morgan fingerprint density at radius 2 is 1.75 bits per heavy atom. The van der Waals surface area contributed by atoms with E-state index in [9.17, 15) is 4.79 Å². The second kappa shape index (κ2) is 6.42. The van der Waals surface area contributed by atoms with E-state index in [2.05, 4.69) is 47.9 Å². The number of benzene rings is 2. The number of fused-ring (bicyclic) bond motifs is 1. The van der Waals surface area contributed by atoms with Gasteiger partial charge in [-0.2, -0.15) is 0 Å². The fourth-order valence-electron chi connectivity index (χ4n) is 2.12. The molecule has 0 aliphatic rings. The third-order valence-corrected chi connectivity index (χ3v) is 3.61. The van der Waals surface area contributed by atoms with Crippen molar-refractivity contribution in [2.45, 2.75) is 39.3 Å². The van der Waals surface area contributed by atoms with E-state index in [0.717, 1.165) is 12.0 Å². The summed E-state index contributed by atoms with van der Waals surface area (Å²) < 4.78 is 0. The van der Waals surface area contributed by atoms with Crippen molar-refractivity contribution in [3.63, 3.8) is 0 Å². The zero-order valence-electron chi connectivity index (χ0n) is 12.3. The Morgan fingerprint density at radius 3 is 2.45 bits per heavy atom. The van der Waals surface area contributed by atoms with E-state index >= 15 is 0 Å². The minimum Gasteiger partial charge on any atom is -0.336 e. The van der Waals surface area contributed by atoms with Crippen molar-refractivity contribution >= 4 is 16.8 Å². The van der Waals surface area contributed by atoms with Crippen molar-refractivity contribution in [1.29, 1.82) is 0 Å². The van der Waals surface area contributed by atoms with Crippen LogP contribution in [0.25, 0.3) is 10.8 Å². The monoisotopic (exact) mass is 270 g/mol. The average Bonchev–Trinajstić information content (AvgIpc) is 2.46. The Bertz CT molecular complexity index is 594. The maximum absolute atomic E-state index is 11.8. The number of urea groups is 1. The molecule has 2 amide bonds. The highest BCUT2D eigenvalue weighted by atomic mass is 16.2. The highest BCUT2D eigenvalue weighted by molar-refractivity contribution is 5.83. The molecule has 2 aromatic carbocycles. The lowest BCUT2D eigenvalue weighted by Crippen LogP contribution is -2.41. The molecule has 3 heteroatoms. The predicted octanol–water partition coefficient (Wildman–Crippen LogP) is 4.00. The normalized spacial score (nSPS) is 13.8. The summed E-state index contributed by atoms with van der Waals surface area (Å²) in [5.41, 5.74) is 1.11. The molecule has 2 rings (SSSR count). The number of carbonyl (C=O) groups excluding carboxylic acids is 1. The Kier molecular flexibility index (Phi) is 4.61. The molecule has 0 aliphatic heterocycles. The van der Waals surface area contributed by atoms with Crippen LogP contribution in [0, 0.1) is 0 Å². The Balaban J connectivity index is 2.07. The van der Waals surface area contributed by atoms with Gasteiger partial charge in [-0.25, -0.2) is 4.79 Å². The first-order valence-electron chi connectivity index (χ1n) is 7.16. The average molecular weight is 270 g/mol. The smallest absolute Gasteiger partial charge is 0.315 e. The van der Waals surface area contributed by atoms with Gasteiger partial charge < -0.3 is 10.6 Å². The van der Waals surface area contributed by atoms with Crippen LogP contribution in [-0.4, -0.2) is 12.1 Å². The van der Waals surface area contributed by atoms with Crippen LogP contribution in [0.2, 0.25) is 0 Å². The van der Waals surface area contributed by atoms with Crippen LogP contribution in [0.1, 0.15) is 38.8 Å². The zero-order valence-corrected chi connectivity index (χ0v) is 12.3.